The summed E-state index contributed by atoms with van der Waals surface area (Å²) in [5.41, 5.74) is 2.58. The quantitative estimate of drug-likeness (QED) is 0.663. The van der Waals surface area contributed by atoms with Gasteiger partial charge < -0.3 is 10.1 Å². The van der Waals surface area contributed by atoms with E-state index in [9.17, 15) is 9.18 Å². The van der Waals surface area contributed by atoms with Crippen LogP contribution in [0.4, 0.5) is 4.39 Å². The van der Waals surface area contributed by atoms with Crippen molar-refractivity contribution in [2.75, 3.05) is 26.2 Å². The first-order valence-electron chi connectivity index (χ1n) is 10.2. The third-order valence-corrected chi connectivity index (χ3v) is 5.09. The van der Waals surface area contributed by atoms with E-state index in [0.29, 0.717) is 12.3 Å². The zero-order chi connectivity index (χ0) is 21.4. The lowest BCUT2D eigenvalue weighted by Gasteiger charge is -2.31. The average Bonchev–Trinajstić information content (AvgIpc) is 2.70. The maximum Gasteiger partial charge on any atom is 0.258 e. The summed E-state index contributed by atoms with van der Waals surface area (Å²) < 4.78 is 18.4. The number of ether oxygens (including phenoxy) is 1. The number of nitrogens with zero attached hydrogens (tertiary/aromatic N) is 1. The molecule has 5 heteroatoms. The van der Waals surface area contributed by atoms with Crippen molar-refractivity contribution in [3.63, 3.8) is 0 Å². The summed E-state index contributed by atoms with van der Waals surface area (Å²) in [7, 11) is 0. The van der Waals surface area contributed by atoms with Gasteiger partial charge in [0, 0.05) is 6.54 Å². The Morgan fingerprint density at radius 3 is 2.14 bits per heavy atom. The third-order valence-electron chi connectivity index (χ3n) is 5.09. The van der Waals surface area contributed by atoms with Crippen LogP contribution in [0.2, 0.25) is 0 Å². The molecule has 0 saturated heterocycles. The molecule has 4 nitrogen and oxygen atoms in total. The molecule has 2 aromatic carbocycles. The molecular formula is C24H33FN2O2. The first kappa shape index (κ1) is 22.9. The lowest BCUT2D eigenvalue weighted by molar-refractivity contribution is -0.123. The van der Waals surface area contributed by atoms with Crippen LogP contribution in [0.5, 0.6) is 5.75 Å². The predicted molar refractivity (Wildman–Crippen MR) is 116 cm³/mol. The summed E-state index contributed by atoms with van der Waals surface area (Å²) >= 11 is 0. The summed E-state index contributed by atoms with van der Waals surface area (Å²) in [6, 6.07) is 14.4. The van der Waals surface area contributed by atoms with E-state index in [1.165, 1.54) is 35.4 Å². The van der Waals surface area contributed by atoms with Crippen molar-refractivity contribution in [2.45, 2.75) is 46.1 Å². The molecule has 2 aromatic rings. The smallest absolute Gasteiger partial charge is 0.258 e. The second-order valence-electron chi connectivity index (χ2n) is 8.16. The second kappa shape index (κ2) is 10.4. The van der Waals surface area contributed by atoms with Crippen LogP contribution >= 0.6 is 0 Å². The van der Waals surface area contributed by atoms with Crippen molar-refractivity contribution < 1.29 is 13.9 Å². The lowest BCUT2D eigenvalue weighted by Crippen LogP contribution is -2.39. The lowest BCUT2D eigenvalue weighted by atomic mass is 9.86. The maximum absolute atomic E-state index is 12.9. The van der Waals surface area contributed by atoms with Crippen LogP contribution in [-0.2, 0) is 10.2 Å². The molecule has 1 N–H and O–H groups in total. The van der Waals surface area contributed by atoms with Crippen LogP contribution in [0.3, 0.4) is 0 Å². The Labute approximate surface area is 174 Å². The molecule has 0 radical (unpaired) electrons. The third kappa shape index (κ3) is 6.86. The highest BCUT2D eigenvalue weighted by molar-refractivity contribution is 5.77. The van der Waals surface area contributed by atoms with E-state index in [4.69, 9.17) is 4.74 Å². The molecule has 0 aliphatic heterocycles. The average molecular weight is 401 g/mol. The molecule has 1 amide bonds. The molecule has 0 saturated carbocycles. The number of carbonyl (C=O) groups is 1. The van der Waals surface area contributed by atoms with E-state index < -0.39 is 0 Å². The number of benzene rings is 2. The van der Waals surface area contributed by atoms with Gasteiger partial charge in [0.2, 0.25) is 0 Å². The SMILES string of the molecule is CCN(CC)[C@H](CNC(=O)COc1ccc(F)cc1)c1ccc(C(C)(C)C)cc1. The van der Waals surface area contributed by atoms with E-state index in [0.717, 1.165) is 13.1 Å². The molecule has 0 spiro atoms. The number of halogens is 1. The Kier molecular flexibility index (Phi) is 8.21. The van der Waals surface area contributed by atoms with Crippen molar-refractivity contribution >= 4 is 5.91 Å². The molecule has 0 aliphatic rings. The van der Waals surface area contributed by atoms with E-state index in [2.05, 4.69) is 69.1 Å². The van der Waals surface area contributed by atoms with Gasteiger partial charge in [-0.25, -0.2) is 4.39 Å². The number of rotatable bonds is 9. The summed E-state index contributed by atoms with van der Waals surface area (Å²) in [6.45, 7) is 13.0. The zero-order valence-electron chi connectivity index (χ0n) is 18.2. The minimum Gasteiger partial charge on any atom is -0.484 e. The molecule has 0 bridgehead atoms. The highest BCUT2D eigenvalue weighted by Crippen LogP contribution is 2.26. The standard InChI is InChI=1S/C24H33FN2O2/c1-6-27(7-2)22(18-8-10-19(11-9-18)24(3,4)5)16-26-23(28)17-29-21-14-12-20(25)13-15-21/h8-15,22H,6-7,16-17H2,1-5H3,(H,26,28)/t22-/m1/s1. The van der Waals surface area contributed by atoms with Crippen molar-refractivity contribution in [3.05, 3.63) is 65.5 Å². The molecule has 0 fully saturated rings. The monoisotopic (exact) mass is 400 g/mol. The summed E-state index contributed by atoms with van der Waals surface area (Å²) in [5, 5.41) is 2.98. The number of hydrogen-bond donors (Lipinski definition) is 1. The van der Waals surface area contributed by atoms with Gasteiger partial charge >= 0.3 is 0 Å². The van der Waals surface area contributed by atoms with Gasteiger partial charge in [0.25, 0.3) is 5.91 Å². The molecule has 0 unspecified atom stereocenters. The first-order chi connectivity index (χ1) is 13.7. The summed E-state index contributed by atoms with van der Waals surface area (Å²) in [5.74, 6) is -0.0567. The minimum atomic E-state index is -0.332. The zero-order valence-corrected chi connectivity index (χ0v) is 18.2. The van der Waals surface area contributed by atoms with Gasteiger partial charge in [-0.2, -0.15) is 0 Å². The Morgan fingerprint density at radius 2 is 1.62 bits per heavy atom. The number of likely N-dealkylation sites (N-methyl/N-ethyl adjacent to an activating group) is 1. The topological polar surface area (TPSA) is 41.6 Å². The van der Waals surface area contributed by atoms with Gasteiger partial charge in [-0.1, -0.05) is 58.9 Å². The molecule has 0 aromatic heterocycles. The van der Waals surface area contributed by atoms with Crippen LogP contribution < -0.4 is 10.1 Å². The Bertz CT molecular complexity index is 763. The van der Waals surface area contributed by atoms with E-state index in [1.807, 2.05) is 0 Å². The van der Waals surface area contributed by atoms with Crippen molar-refractivity contribution in [3.8, 4) is 5.75 Å². The van der Waals surface area contributed by atoms with Crippen LogP contribution in [0.1, 0.15) is 51.8 Å². The van der Waals surface area contributed by atoms with Gasteiger partial charge in [0.1, 0.15) is 11.6 Å². The predicted octanol–water partition coefficient (Wildman–Crippen LogP) is 4.70. The van der Waals surface area contributed by atoms with Crippen molar-refractivity contribution in [1.82, 2.24) is 10.2 Å². The summed E-state index contributed by atoms with van der Waals surface area (Å²) in [4.78, 5) is 14.6. The van der Waals surface area contributed by atoms with Crippen LogP contribution in [0, 0.1) is 5.82 Å². The van der Waals surface area contributed by atoms with Gasteiger partial charge in [-0.05, 0) is 53.9 Å². The number of amides is 1. The van der Waals surface area contributed by atoms with E-state index in [-0.39, 0.29) is 29.8 Å². The van der Waals surface area contributed by atoms with E-state index in [1.54, 1.807) is 0 Å². The van der Waals surface area contributed by atoms with E-state index >= 15 is 0 Å². The van der Waals surface area contributed by atoms with Crippen molar-refractivity contribution in [1.29, 1.82) is 0 Å². The number of hydrogen-bond acceptors (Lipinski definition) is 3. The largest absolute Gasteiger partial charge is 0.484 e. The molecule has 2 rings (SSSR count). The van der Waals surface area contributed by atoms with Gasteiger partial charge in [0.05, 0.1) is 6.04 Å². The highest BCUT2D eigenvalue weighted by Gasteiger charge is 2.20. The fourth-order valence-electron chi connectivity index (χ4n) is 3.27. The van der Waals surface area contributed by atoms with Gasteiger partial charge in [-0.15, -0.1) is 0 Å². The molecule has 0 heterocycles. The van der Waals surface area contributed by atoms with Crippen LogP contribution in [-0.4, -0.2) is 37.0 Å². The molecule has 0 aliphatic carbocycles. The highest BCUT2D eigenvalue weighted by atomic mass is 19.1. The normalized spacial score (nSPS) is 12.7. The van der Waals surface area contributed by atoms with Crippen LogP contribution in [0.15, 0.2) is 48.5 Å². The fourth-order valence-corrected chi connectivity index (χ4v) is 3.27. The summed E-state index contributed by atoms with van der Waals surface area (Å²) in [6.07, 6.45) is 0. The minimum absolute atomic E-state index is 0.0915. The second-order valence-corrected chi connectivity index (χ2v) is 8.16. The number of carbonyl (C=O) groups excluding carboxylic acids is 1. The fraction of sp³-hybridized carbons (Fsp3) is 0.458. The molecule has 158 valence electrons. The van der Waals surface area contributed by atoms with Gasteiger partial charge in [-0.3, -0.25) is 9.69 Å². The Hall–Kier alpha value is -2.40. The van der Waals surface area contributed by atoms with Crippen molar-refractivity contribution in [2.24, 2.45) is 0 Å². The van der Waals surface area contributed by atoms with Crippen LogP contribution in [0.25, 0.3) is 0 Å². The number of nitrogens with one attached hydrogen (secondary N) is 1. The molecule has 29 heavy (non-hydrogen) atoms. The van der Waals surface area contributed by atoms with Gasteiger partial charge in [0.15, 0.2) is 6.61 Å². The Morgan fingerprint density at radius 1 is 1.03 bits per heavy atom. The molecule has 1 atom stereocenters. The maximum atomic E-state index is 12.9. The first-order valence-corrected chi connectivity index (χ1v) is 10.2. The molecular weight excluding hydrogens is 367 g/mol. The Balaban J connectivity index is 2.01.